The van der Waals surface area contributed by atoms with Gasteiger partial charge in [0, 0.05) is 42.7 Å². The number of sulfone groups is 1. The monoisotopic (exact) mass is 591 g/mol. The van der Waals surface area contributed by atoms with Gasteiger partial charge in [0.2, 0.25) is 5.95 Å². The molecular weight excluding hydrogens is 563 g/mol. The molecule has 0 amide bonds. The van der Waals surface area contributed by atoms with Gasteiger partial charge in [-0.15, -0.1) is 11.3 Å². The fourth-order valence-corrected chi connectivity index (χ4v) is 9.18. The van der Waals surface area contributed by atoms with Crippen molar-refractivity contribution in [2.45, 2.75) is 61.4 Å². The van der Waals surface area contributed by atoms with Crippen LogP contribution in [0, 0.1) is 0 Å². The lowest BCUT2D eigenvalue weighted by atomic mass is 10.1. The minimum Gasteiger partial charge on any atom is -0.368 e. The van der Waals surface area contributed by atoms with Crippen molar-refractivity contribution in [3.05, 3.63) is 46.5 Å². The quantitative estimate of drug-likeness (QED) is 0.434. The molecule has 8 nitrogen and oxygen atoms in total. The highest BCUT2D eigenvalue weighted by atomic mass is 32.2. The molecule has 1 spiro atoms. The molecule has 2 aromatic heterocycles. The maximum atomic E-state index is 14.1. The SMILES string of the molecule is CCc1cc(N2C[C@H]3C[C@@H]2CN3)ccc1Nc1ncc(C(F)(F)F)c(-c2cc3c(s2)C2(CC2)OCCS3(=O)=O)n1. The van der Waals surface area contributed by atoms with Gasteiger partial charge in [0.05, 0.1) is 32.7 Å². The molecule has 13 heteroatoms. The lowest BCUT2D eigenvalue weighted by molar-refractivity contribution is -0.137. The van der Waals surface area contributed by atoms with Crippen molar-refractivity contribution in [2.75, 3.05) is 35.7 Å². The summed E-state index contributed by atoms with van der Waals surface area (Å²) in [6.45, 7) is 4.02. The molecular formula is C27H28F3N5O3S2. The number of thiophene rings is 1. The Balaban J connectivity index is 1.26. The third kappa shape index (κ3) is 4.38. The summed E-state index contributed by atoms with van der Waals surface area (Å²) >= 11 is 1.02. The molecule has 0 radical (unpaired) electrons. The number of aromatic nitrogens is 2. The molecule has 4 aliphatic rings. The molecule has 1 aliphatic carbocycles. The Hall–Kier alpha value is -2.74. The van der Waals surface area contributed by atoms with E-state index < -0.39 is 27.2 Å². The van der Waals surface area contributed by atoms with E-state index in [0.29, 0.717) is 41.9 Å². The van der Waals surface area contributed by atoms with Crippen LogP contribution in [0.3, 0.4) is 0 Å². The van der Waals surface area contributed by atoms with Crippen LogP contribution in [0.15, 0.2) is 35.4 Å². The third-order valence-electron chi connectivity index (χ3n) is 8.31. The van der Waals surface area contributed by atoms with Gasteiger partial charge in [-0.3, -0.25) is 0 Å². The van der Waals surface area contributed by atoms with Crippen LogP contribution >= 0.6 is 11.3 Å². The van der Waals surface area contributed by atoms with Crippen LogP contribution in [0.25, 0.3) is 10.6 Å². The third-order valence-corrected chi connectivity index (χ3v) is 11.5. The molecule has 3 aliphatic heterocycles. The molecule has 2 saturated heterocycles. The fraction of sp³-hybridized carbons (Fsp3) is 0.481. The number of aryl methyl sites for hydroxylation is 1. The lowest BCUT2D eigenvalue weighted by Crippen LogP contribution is -2.43. The van der Waals surface area contributed by atoms with Gasteiger partial charge in [-0.25, -0.2) is 18.4 Å². The number of rotatable bonds is 5. The van der Waals surface area contributed by atoms with E-state index in [9.17, 15) is 21.6 Å². The maximum absolute atomic E-state index is 14.1. The summed E-state index contributed by atoms with van der Waals surface area (Å²) in [6.07, 6.45) is -0.831. The summed E-state index contributed by atoms with van der Waals surface area (Å²) in [5.74, 6) is -0.190. The molecule has 2 bridgehead atoms. The summed E-state index contributed by atoms with van der Waals surface area (Å²) in [5, 5.41) is 6.63. The first kappa shape index (κ1) is 26.2. The van der Waals surface area contributed by atoms with E-state index in [1.807, 2.05) is 19.1 Å². The van der Waals surface area contributed by atoms with Crippen LogP contribution in [0.4, 0.5) is 30.5 Å². The highest BCUT2D eigenvalue weighted by Crippen LogP contribution is 2.56. The van der Waals surface area contributed by atoms with Crippen LogP contribution in [-0.4, -0.2) is 55.9 Å². The van der Waals surface area contributed by atoms with Crippen molar-refractivity contribution in [1.29, 1.82) is 0 Å². The first-order valence-electron chi connectivity index (χ1n) is 13.4. The summed E-state index contributed by atoms with van der Waals surface area (Å²) < 4.78 is 74.0. The smallest absolute Gasteiger partial charge is 0.368 e. The van der Waals surface area contributed by atoms with Crippen molar-refractivity contribution in [3.8, 4) is 10.6 Å². The van der Waals surface area contributed by atoms with Crippen LogP contribution in [0.5, 0.6) is 0 Å². The second kappa shape index (κ2) is 9.13. The minimum absolute atomic E-state index is 0.0127. The average Bonchev–Trinajstić information content (AvgIpc) is 3.26. The number of hydrogen-bond donors (Lipinski definition) is 2. The Morgan fingerprint density at radius 3 is 2.77 bits per heavy atom. The minimum atomic E-state index is -4.72. The fourth-order valence-electron chi connectivity index (χ4n) is 6.05. The van der Waals surface area contributed by atoms with E-state index in [0.717, 1.165) is 48.3 Å². The zero-order chi connectivity index (χ0) is 27.9. The second-order valence-corrected chi connectivity index (χ2v) is 14.0. The van der Waals surface area contributed by atoms with Crippen LogP contribution < -0.4 is 15.5 Å². The van der Waals surface area contributed by atoms with E-state index in [1.165, 1.54) is 6.07 Å². The Labute approximate surface area is 233 Å². The molecule has 5 heterocycles. The van der Waals surface area contributed by atoms with Crippen LogP contribution in [0.1, 0.15) is 42.2 Å². The van der Waals surface area contributed by atoms with E-state index in [-0.39, 0.29) is 33.8 Å². The van der Waals surface area contributed by atoms with Crippen molar-refractivity contribution in [1.82, 2.24) is 15.3 Å². The van der Waals surface area contributed by atoms with E-state index in [1.54, 1.807) is 0 Å². The topological polar surface area (TPSA) is 96.5 Å². The zero-order valence-electron chi connectivity index (χ0n) is 21.7. The summed E-state index contributed by atoms with van der Waals surface area (Å²) in [7, 11) is -3.69. The molecule has 2 atom stereocenters. The number of alkyl halides is 3. The lowest BCUT2D eigenvalue weighted by Gasteiger charge is -2.30. The number of anilines is 3. The Kier molecular flexibility index (Phi) is 5.98. The molecule has 7 rings (SSSR count). The number of nitrogens with zero attached hydrogens (tertiary/aromatic N) is 3. The van der Waals surface area contributed by atoms with Gasteiger partial charge >= 0.3 is 6.18 Å². The number of piperazine rings is 1. The van der Waals surface area contributed by atoms with E-state index in [4.69, 9.17) is 4.74 Å². The number of hydrogen-bond acceptors (Lipinski definition) is 9. The van der Waals surface area contributed by atoms with E-state index in [2.05, 4.69) is 31.6 Å². The molecule has 212 valence electrons. The summed E-state index contributed by atoms with van der Waals surface area (Å²) in [4.78, 5) is 11.4. The number of benzene rings is 1. The molecule has 40 heavy (non-hydrogen) atoms. The van der Waals surface area contributed by atoms with Crippen molar-refractivity contribution < 1.29 is 26.3 Å². The Bertz CT molecular complexity index is 1600. The summed E-state index contributed by atoms with van der Waals surface area (Å²) in [5.41, 5.74) is 0.764. The van der Waals surface area contributed by atoms with E-state index >= 15 is 0 Å². The summed E-state index contributed by atoms with van der Waals surface area (Å²) in [6, 6.07) is 8.36. The number of halogens is 3. The van der Waals surface area contributed by atoms with Crippen LogP contribution in [-0.2, 0) is 32.8 Å². The number of fused-ring (bicyclic) bond motifs is 4. The molecule has 3 aromatic rings. The normalized spacial score (nSPS) is 24.2. The van der Waals surface area contributed by atoms with Gasteiger partial charge in [-0.1, -0.05) is 6.92 Å². The predicted molar refractivity (Wildman–Crippen MR) is 146 cm³/mol. The predicted octanol–water partition coefficient (Wildman–Crippen LogP) is 4.87. The van der Waals surface area contributed by atoms with Gasteiger partial charge in [-0.05, 0) is 55.5 Å². The first-order valence-corrected chi connectivity index (χ1v) is 15.9. The zero-order valence-corrected chi connectivity index (χ0v) is 23.3. The standard InChI is InChI=1S/C27H28F3N5O3S2/c1-2-15-9-17(35-14-16-10-18(35)12-31-16)3-4-20(15)33-25-32-13-19(27(28,29)30)23(34-25)21-11-22-24(39-21)26(5-6-26)38-7-8-40(22,36)37/h3-4,9,11,13,16,18,31H,2,5-8,10,12,14H2,1H3,(H,32,33,34)/t16-,18-/m1/s1. The number of ether oxygens (including phenoxy) is 1. The molecule has 3 fully saturated rings. The van der Waals surface area contributed by atoms with Gasteiger partial charge in [0.15, 0.2) is 9.84 Å². The Morgan fingerprint density at radius 1 is 1.27 bits per heavy atom. The number of nitrogens with one attached hydrogen (secondary N) is 2. The second-order valence-electron chi connectivity index (χ2n) is 10.9. The van der Waals surface area contributed by atoms with Gasteiger partial charge in [-0.2, -0.15) is 13.2 Å². The van der Waals surface area contributed by atoms with Gasteiger partial charge in [0.1, 0.15) is 11.2 Å². The van der Waals surface area contributed by atoms with Crippen LogP contribution in [0.2, 0.25) is 0 Å². The van der Waals surface area contributed by atoms with Crippen molar-refractivity contribution >= 4 is 38.5 Å². The Morgan fingerprint density at radius 2 is 2.10 bits per heavy atom. The largest absolute Gasteiger partial charge is 0.420 e. The highest BCUT2D eigenvalue weighted by Gasteiger charge is 2.52. The average molecular weight is 592 g/mol. The molecule has 0 unspecified atom stereocenters. The molecule has 1 aromatic carbocycles. The molecule has 1 saturated carbocycles. The first-order chi connectivity index (χ1) is 19.1. The van der Waals surface area contributed by atoms with Crippen molar-refractivity contribution in [2.24, 2.45) is 0 Å². The van der Waals surface area contributed by atoms with Crippen molar-refractivity contribution in [3.63, 3.8) is 0 Å². The highest BCUT2D eigenvalue weighted by molar-refractivity contribution is 7.91. The molecule has 2 N–H and O–H groups in total. The maximum Gasteiger partial charge on any atom is 0.420 e. The van der Waals surface area contributed by atoms with Gasteiger partial charge < -0.3 is 20.3 Å². The van der Waals surface area contributed by atoms with Gasteiger partial charge in [0.25, 0.3) is 0 Å².